The molecular formula is C19H22N2O5S2. The molecule has 1 amide bonds. The number of thioether (sulfide) groups is 1. The van der Waals surface area contributed by atoms with Crippen molar-refractivity contribution in [2.75, 3.05) is 18.2 Å². The van der Waals surface area contributed by atoms with Crippen LogP contribution in [0.25, 0.3) is 0 Å². The van der Waals surface area contributed by atoms with E-state index in [1.54, 1.807) is 37.7 Å². The Morgan fingerprint density at radius 2 is 1.79 bits per heavy atom. The number of esters is 1. The van der Waals surface area contributed by atoms with Gasteiger partial charge < -0.3 is 10.1 Å². The summed E-state index contributed by atoms with van der Waals surface area (Å²) in [7, 11) is -3.73. The third kappa shape index (κ3) is 6.36. The Hall–Kier alpha value is -2.36. The zero-order valence-electron chi connectivity index (χ0n) is 15.8. The molecule has 2 rings (SSSR count). The highest BCUT2D eigenvalue weighted by molar-refractivity contribution is 7.98. The molecule has 2 aromatic carbocycles. The third-order valence-corrected chi connectivity index (χ3v) is 5.88. The normalized spacial score (nSPS) is 11.3. The first-order valence-electron chi connectivity index (χ1n) is 8.44. The summed E-state index contributed by atoms with van der Waals surface area (Å²) in [5, 5.41) is 2.63. The fraction of sp³-hybridized carbons (Fsp3) is 0.263. The van der Waals surface area contributed by atoms with E-state index in [1.165, 1.54) is 24.3 Å². The predicted molar refractivity (Wildman–Crippen MR) is 109 cm³/mol. The monoisotopic (exact) mass is 422 g/mol. The molecule has 0 saturated heterocycles. The summed E-state index contributed by atoms with van der Waals surface area (Å²) in [5.41, 5.74) is 0.635. The van der Waals surface area contributed by atoms with Crippen LogP contribution in [-0.2, 0) is 19.6 Å². The molecule has 0 unspecified atom stereocenters. The number of anilines is 1. The van der Waals surface area contributed by atoms with Gasteiger partial charge in [-0.2, -0.15) is 0 Å². The van der Waals surface area contributed by atoms with Crippen LogP contribution in [0.4, 0.5) is 5.69 Å². The number of hydrogen-bond donors (Lipinski definition) is 2. The molecule has 2 aromatic rings. The van der Waals surface area contributed by atoms with Crippen LogP contribution in [0, 0.1) is 0 Å². The summed E-state index contributed by atoms with van der Waals surface area (Å²) in [4.78, 5) is 25.1. The van der Waals surface area contributed by atoms with Gasteiger partial charge in [-0.05, 0) is 62.6 Å². The van der Waals surface area contributed by atoms with Crippen molar-refractivity contribution in [3.05, 3.63) is 54.1 Å². The van der Waals surface area contributed by atoms with Crippen molar-refractivity contribution in [1.82, 2.24) is 4.72 Å². The van der Waals surface area contributed by atoms with Crippen LogP contribution in [0.1, 0.15) is 24.2 Å². The average molecular weight is 423 g/mol. The van der Waals surface area contributed by atoms with E-state index in [2.05, 4.69) is 10.0 Å². The Kier molecular flexibility index (Phi) is 7.61. The van der Waals surface area contributed by atoms with Crippen molar-refractivity contribution in [3.63, 3.8) is 0 Å². The molecule has 0 aliphatic rings. The number of rotatable bonds is 8. The first-order valence-corrected chi connectivity index (χ1v) is 11.2. The fourth-order valence-corrected chi connectivity index (χ4v) is 3.96. The number of nitrogens with one attached hydrogen (secondary N) is 2. The molecule has 0 aromatic heterocycles. The molecule has 9 heteroatoms. The van der Waals surface area contributed by atoms with Crippen molar-refractivity contribution in [2.45, 2.75) is 29.7 Å². The summed E-state index contributed by atoms with van der Waals surface area (Å²) in [6.45, 7) is 2.91. The number of carbonyl (C=O) groups is 2. The molecule has 0 saturated carbocycles. The summed E-state index contributed by atoms with van der Waals surface area (Å²) < 4.78 is 31.8. The summed E-state index contributed by atoms with van der Waals surface area (Å²) in [6.07, 6.45) is 1.95. The van der Waals surface area contributed by atoms with Gasteiger partial charge in [0.25, 0.3) is 5.91 Å². The van der Waals surface area contributed by atoms with E-state index in [0.717, 1.165) is 4.90 Å². The lowest BCUT2D eigenvalue weighted by molar-refractivity contribution is -0.119. The van der Waals surface area contributed by atoms with E-state index in [4.69, 9.17) is 4.74 Å². The van der Waals surface area contributed by atoms with Gasteiger partial charge in [-0.15, -0.1) is 11.8 Å². The van der Waals surface area contributed by atoms with Gasteiger partial charge in [-0.25, -0.2) is 17.9 Å². The average Bonchev–Trinajstić information content (AvgIpc) is 2.66. The van der Waals surface area contributed by atoms with Crippen molar-refractivity contribution in [3.8, 4) is 0 Å². The first-order chi connectivity index (χ1) is 13.2. The maximum atomic E-state index is 12.2. The molecule has 0 aliphatic heterocycles. The van der Waals surface area contributed by atoms with Gasteiger partial charge in [0.05, 0.1) is 10.5 Å². The lowest BCUT2D eigenvalue weighted by atomic mass is 10.2. The Morgan fingerprint density at radius 1 is 1.11 bits per heavy atom. The molecule has 0 heterocycles. The number of ether oxygens (including phenoxy) is 1. The van der Waals surface area contributed by atoms with E-state index in [9.17, 15) is 18.0 Å². The molecular weight excluding hydrogens is 400 g/mol. The second kappa shape index (κ2) is 9.72. The van der Waals surface area contributed by atoms with Crippen LogP contribution in [-0.4, -0.2) is 39.2 Å². The standard InChI is InChI=1S/C19H22N2O5S2/c1-13(2)21-28(24,25)17-6-4-5-14(11-17)19(23)26-12-18(22)20-15-7-9-16(27-3)10-8-15/h4-11,13,21H,12H2,1-3H3,(H,20,22). The number of benzene rings is 2. The molecule has 2 N–H and O–H groups in total. The zero-order chi connectivity index (χ0) is 20.7. The van der Waals surface area contributed by atoms with Gasteiger partial charge in [-0.1, -0.05) is 6.07 Å². The minimum absolute atomic E-state index is 0.0451. The highest BCUT2D eigenvalue weighted by Crippen LogP contribution is 2.17. The summed E-state index contributed by atoms with van der Waals surface area (Å²) >= 11 is 1.58. The first kappa shape index (κ1) is 21.9. The molecule has 150 valence electrons. The number of carbonyl (C=O) groups excluding carboxylic acids is 2. The van der Waals surface area contributed by atoms with Crippen LogP contribution in [0.3, 0.4) is 0 Å². The molecule has 0 fully saturated rings. The van der Waals surface area contributed by atoms with Crippen LogP contribution < -0.4 is 10.0 Å². The summed E-state index contributed by atoms with van der Waals surface area (Å²) in [5.74, 6) is -1.27. The van der Waals surface area contributed by atoms with Gasteiger partial charge in [-0.3, -0.25) is 4.79 Å². The Bertz CT molecular complexity index is 941. The highest BCUT2D eigenvalue weighted by Gasteiger charge is 2.18. The van der Waals surface area contributed by atoms with Gasteiger partial charge in [0.15, 0.2) is 6.61 Å². The minimum atomic E-state index is -3.73. The van der Waals surface area contributed by atoms with Crippen molar-refractivity contribution in [2.24, 2.45) is 0 Å². The Morgan fingerprint density at radius 3 is 2.39 bits per heavy atom. The highest BCUT2D eigenvalue weighted by atomic mass is 32.2. The van der Waals surface area contributed by atoms with Crippen LogP contribution in [0.2, 0.25) is 0 Å². The number of hydrogen-bond acceptors (Lipinski definition) is 6. The zero-order valence-corrected chi connectivity index (χ0v) is 17.4. The van der Waals surface area contributed by atoms with Gasteiger partial charge >= 0.3 is 5.97 Å². The van der Waals surface area contributed by atoms with Gasteiger partial charge in [0.2, 0.25) is 10.0 Å². The fourth-order valence-electron chi connectivity index (χ4n) is 2.25. The lowest BCUT2D eigenvalue weighted by Crippen LogP contribution is -2.30. The number of amides is 1. The lowest BCUT2D eigenvalue weighted by Gasteiger charge is -2.11. The smallest absolute Gasteiger partial charge is 0.338 e. The van der Waals surface area contributed by atoms with Crippen molar-refractivity contribution >= 4 is 39.3 Å². The molecule has 0 spiro atoms. The maximum Gasteiger partial charge on any atom is 0.338 e. The minimum Gasteiger partial charge on any atom is -0.452 e. The SMILES string of the molecule is CSc1ccc(NC(=O)COC(=O)c2cccc(S(=O)(=O)NC(C)C)c2)cc1. The molecule has 7 nitrogen and oxygen atoms in total. The van der Waals surface area contributed by atoms with E-state index in [-0.39, 0.29) is 16.5 Å². The van der Waals surface area contributed by atoms with E-state index in [0.29, 0.717) is 5.69 Å². The predicted octanol–water partition coefficient (Wildman–Crippen LogP) is 2.89. The molecule has 0 radical (unpaired) electrons. The van der Waals surface area contributed by atoms with Crippen molar-refractivity contribution < 1.29 is 22.7 Å². The van der Waals surface area contributed by atoms with Crippen LogP contribution in [0.15, 0.2) is 58.3 Å². The maximum absolute atomic E-state index is 12.2. The molecule has 28 heavy (non-hydrogen) atoms. The molecule has 0 aliphatic carbocycles. The second-order valence-electron chi connectivity index (χ2n) is 6.16. The van der Waals surface area contributed by atoms with E-state index in [1.807, 2.05) is 18.4 Å². The van der Waals surface area contributed by atoms with Crippen LogP contribution >= 0.6 is 11.8 Å². The molecule has 0 atom stereocenters. The second-order valence-corrected chi connectivity index (χ2v) is 8.75. The Labute approximate surface area is 168 Å². The van der Waals surface area contributed by atoms with Crippen molar-refractivity contribution in [1.29, 1.82) is 0 Å². The largest absolute Gasteiger partial charge is 0.452 e. The number of sulfonamides is 1. The van der Waals surface area contributed by atoms with Crippen LogP contribution in [0.5, 0.6) is 0 Å². The summed E-state index contributed by atoms with van der Waals surface area (Å²) in [6, 6.07) is 12.4. The quantitative estimate of drug-likeness (QED) is 0.501. The van der Waals surface area contributed by atoms with E-state index >= 15 is 0 Å². The topological polar surface area (TPSA) is 102 Å². The Balaban J connectivity index is 1.97. The van der Waals surface area contributed by atoms with Gasteiger partial charge in [0, 0.05) is 16.6 Å². The van der Waals surface area contributed by atoms with E-state index < -0.39 is 28.5 Å². The third-order valence-electron chi connectivity index (χ3n) is 3.48. The van der Waals surface area contributed by atoms with Gasteiger partial charge in [0.1, 0.15) is 0 Å². The molecule has 0 bridgehead atoms.